The number of hydrogen-bond donors (Lipinski definition) is 1. The number of hydrogen-bond acceptors (Lipinski definition) is 5. The molecule has 0 atom stereocenters. The van der Waals surface area contributed by atoms with E-state index in [4.69, 9.17) is 0 Å². The van der Waals surface area contributed by atoms with Crippen molar-refractivity contribution in [1.29, 1.82) is 0 Å². The molecule has 3 heterocycles. The third-order valence-corrected chi connectivity index (χ3v) is 6.27. The molecule has 4 rings (SSSR count). The molecule has 138 valence electrons. The zero-order valence-electron chi connectivity index (χ0n) is 15.0. The van der Waals surface area contributed by atoms with Gasteiger partial charge < -0.3 is 9.88 Å². The van der Waals surface area contributed by atoms with Crippen molar-refractivity contribution in [1.82, 2.24) is 19.9 Å². The first-order valence-electron chi connectivity index (χ1n) is 8.87. The predicted octanol–water partition coefficient (Wildman–Crippen LogP) is 4.28. The van der Waals surface area contributed by atoms with Gasteiger partial charge in [0, 0.05) is 29.8 Å². The molecule has 0 unspecified atom stereocenters. The van der Waals surface area contributed by atoms with E-state index in [2.05, 4.69) is 32.8 Å². The van der Waals surface area contributed by atoms with Crippen LogP contribution in [0.25, 0.3) is 21.6 Å². The summed E-state index contributed by atoms with van der Waals surface area (Å²) in [7, 11) is 0. The molecule has 0 fully saturated rings. The molecule has 27 heavy (non-hydrogen) atoms. The third-order valence-electron chi connectivity index (χ3n) is 4.33. The summed E-state index contributed by atoms with van der Waals surface area (Å²) < 4.78 is 2.02. The van der Waals surface area contributed by atoms with Crippen LogP contribution in [0.2, 0.25) is 0 Å². The number of thiophene rings is 1. The lowest BCUT2D eigenvalue weighted by molar-refractivity contribution is -0.121. The first kappa shape index (κ1) is 17.9. The largest absolute Gasteiger partial charge is 0.356 e. The van der Waals surface area contributed by atoms with E-state index in [0.717, 1.165) is 28.2 Å². The van der Waals surface area contributed by atoms with Gasteiger partial charge in [-0.2, -0.15) is 0 Å². The van der Waals surface area contributed by atoms with Crippen molar-refractivity contribution < 1.29 is 4.79 Å². The summed E-state index contributed by atoms with van der Waals surface area (Å²) in [4.78, 5) is 23.5. The highest BCUT2D eigenvalue weighted by Gasteiger charge is 2.08. The molecule has 0 aliphatic heterocycles. The standard InChI is InChI=1S/C20H20N4OS2/c1-14-23-17(12-26-14)19-7-6-15(27-19)8-10-21-20(25)9-11-24-13-22-16-4-2-3-5-18(16)24/h2-7,12-13H,8-11H2,1H3,(H,21,25). The summed E-state index contributed by atoms with van der Waals surface area (Å²) >= 11 is 3.41. The molecule has 5 nitrogen and oxygen atoms in total. The van der Waals surface area contributed by atoms with E-state index in [1.165, 1.54) is 9.75 Å². The van der Waals surface area contributed by atoms with Gasteiger partial charge in [-0.1, -0.05) is 12.1 Å². The van der Waals surface area contributed by atoms with Crippen molar-refractivity contribution in [3.8, 4) is 10.6 Å². The summed E-state index contributed by atoms with van der Waals surface area (Å²) in [6, 6.07) is 12.2. The summed E-state index contributed by atoms with van der Waals surface area (Å²) in [6.07, 6.45) is 3.09. The summed E-state index contributed by atoms with van der Waals surface area (Å²) in [5.41, 5.74) is 3.07. The first-order chi connectivity index (χ1) is 13.2. The lowest BCUT2D eigenvalue weighted by Gasteiger charge is -2.06. The highest BCUT2D eigenvalue weighted by molar-refractivity contribution is 7.16. The fourth-order valence-corrected chi connectivity index (χ4v) is 4.61. The number of aryl methyl sites for hydroxylation is 2. The van der Waals surface area contributed by atoms with Gasteiger partial charge in [-0.25, -0.2) is 9.97 Å². The Balaban J connectivity index is 1.24. The van der Waals surface area contributed by atoms with Gasteiger partial charge in [0.2, 0.25) is 5.91 Å². The van der Waals surface area contributed by atoms with Crippen LogP contribution in [-0.4, -0.2) is 27.0 Å². The number of imidazole rings is 1. The summed E-state index contributed by atoms with van der Waals surface area (Å²) in [6.45, 7) is 3.31. The average Bonchev–Trinajstić information content (AvgIpc) is 3.39. The van der Waals surface area contributed by atoms with Crippen LogP contribution in [0.15, 0.2) is 48.1 Å². The fraction of sp³-hybridized carbons (Fsp3) is 0.250. The molecule has 3 aromatic heterocycles. The Morgan fingerprint density at radius 2 is 2.11 bits per heavy atom. The van der Waals surface area contributed by atoms with Crippen molar-refractivity contribution >= 4 is 39.6 Å². The molecule has 1 N–H and O–H groups in total. The molecule has 0 saturated carbocycles. The molecule has 0 aliphatic carbocycles. The highest BCUT2D eigenvalue weighted by Crippen LogP contribution is 2.29. The van der Waals surface area contributed by atoms with Crippen molar-refractivity contribution in [3.05, 3.63) is 58.0 Å². The van der Waals surface area contributed by atoms with E-state index < -0.39 is 0 Å². The van der Waals surface area contributed by atoms with Crippen LogP contribution >= 0.6 is 22.7 Å². The minimum absolute atomic E-state index is 0.0692. The zero-order chi connectivity index (χ0) is 18.6. The number of nitrogens with one attached hydrogen (secondary N) is 1. The van der Waals surface area contributed by atoms with Crippen LogP contribution in [0.5, 0.6) is 0 Å². The molecule has 1 aromatic carbocycles. The van der Waals surface area contributed by atoms with Gasteiger partial charge in [-0.3, -0.25) is 4.79 Å². The Hall–Kier alpha value is -2.51. The Labute approximate surface area is 165 Å². The maximum Gasteiger partial charge on any atom is 0.221 e. The van der Waals surface area contributed by atoms with Crippen LogP contribution in [0.4, 0.5) is 0 Å². The maximum atomic E-state index is 12.1. The number of carbonyl (C=O) groups is 1. The van der Waals surface area contributed by atoms with Gasteiger partial charge in [0.1, 0.15) is 0 Å². The van der Waals surface area contributed by atoms with Gasteiger partial charge in [0.05, 0.1) is 32.9 Å². The van der Waals surface area contributed by atoms with Crippen LogP contribution in [-0.2, 0) is 17.8 Å². The number of fused-ring (bicyclic) bond motifs is 1. The van der Waals surface area contributed by atoms with E-state index in [1.54, 1.807) is 29.0 Å². The topological polar surface area (TPSA) is 59.8 Å². The smallest absolute Gasteiger partial charge is 0.221 e. The molecule has 0 aliphatic rings. The number of carbonyl (C=O) groups excluding carboxylic acids is 1. The molecular weight excluding hydrogens is 376 g/mol. The number of benzene rings is 1. The van der Waals surface area contributed by atoms with Gasteiger partial charge in [-0.05, 0) is 37.6 Å². The van der Waals surface area contributed by atoms with Crippen LogP contribution < -0.4 is 5.32 Å². The summed E-state index contributed by atoms with van der Waals surface area (Å²) in [5, 5.41) is 6.19. The Morgan fingerprint density at radius 1 is 1.22 bits per heavy atom. The fourth-order valence-electron chi connectivity index (χ4n) is 2.95. The van der Waals surface area contributed by atoms with Gasteiger partial charge in [0.25, 0.3) is 0 Å². The number of thiazole rings is 1. The molecule has 0 radical (unpaired) electrons. The maximum absolute atomic E-state index is 12.1. The number of rotatable bonds is 7. The lowest BCUT2D eigenvalue weighted by atomic mass is 10.3. The second kappa shape index (κ2) is 8.02. The molecule has 1 amide bonds. The summed E-state index contributed by atoms with van der Waals surface area (Å²) in [5.74, 6) is 0.0692. The molecule has 0 saturated heterocycles. The van der Waals surface area contributed by atoms with Crippen LogP contribution in [0, 0.1) is 6.92 Å². The Kier molecular flexibility index (Phi) is 5.31. The van der Waals surface area contributed by atoms with Gasteiger partial charge in [-0.15, -0.1) is 22.7 Å². The van der Waals surface area contributed by atoms with Crippen molar-refractivity contribution in [3.63, 3.8) is 0 Å². The van der Waals surface area contributed by atoms with E-state index in [-0.39, 0.29) is 5.91 Å². The number of aromatic nitrogens is 3. The predicted molar refractivity (Wildman–Crippen MR) is 111 cm³/mol. The van der Waals surface area contributed by atoms with E-state index in [1.807, 2.05) is 35.8 Å². The minimum atomic E-state index is 0.0692. The van der Waals surface area contributed by atoms with Gasteiger partial charge >= 0.3 is 0 Å². The second-order valence-corrected chi connectivity index (χ2v) is 8.52. The second-order valence-electron chi connectivity index (χ2n) is 6.29. The highest BCUT2D eigenvalue weighted by atomic mass is 32.1. The number of para-hydroxylation sites is 2. The van der Waals surface area contributed by atoms with E-state index in [9.17, 15) is 4.79 Å². The van der Waals surface area contributed by atoms with Crippen LogP contribution in [0.1, 0.15) is 16.3 Å². The number of amides is 1. The average molecular weight is 397 g/mol. The van der Waals surface area contributed by atoms with Gasteiger partial charge in [0.15, 0.2) is 0 Å². The third kappa shape index (κ3) is 4.26. The molecule has 0 spiro atoms. The van der Waals surface area contributed by atoms with Crippen LogP contribution in [0.3, 0.4) is 0 Å². The Morgan fingerprint density at radius 3 is 2.96 bits per heavy atom. The van der Waals surface area contributed by atoms with Crippen molar-refractivity contribution in [2.24, 2.45) is 0 Å². The molecule has 0 bridgehead atoms. The Bertz CT molecular complexity index is 1060. The van der Waals surface area contributed by atoms with E-state index in [0.29, 0.717) is 19.5 Å². The normalized spacial score (nSPS) is 11.1. The quantitative estimate of drug-likeness (QED) is 0.507. The zero-order valence-corrected chi connectivity index (χ0v) is 16.6. The number of nitrogens with zero attached hydrogens (tertiary/aromatic N) is 3. The molecule has 4 aromatic rings. The lowest BCUT2D eigenvalue weighted by Crippen LogP contribution is -2.26. The monoisotopic (exact) mass is 396 g/mol. The van der Waals surface area contributed by atoms with E-state index >= 15 is 0 Å². The molecular formula is C20H20N4OS2. The SMILES string of the molecule is Cc1nc(-c2ccc(CCNC(=O)CCn3cnc4ccccc43)s2)cs1. The van der Waals surface area contributed by atoms with Crippen molar-refractivity contribution in [2.45, 2.75) is 26.3 Å². The minimum Gasteiger partial charge on any atom is -0.356 e. The molecule has 7 heteroatoms. The first-order valence-corrected chi connectivity index (χ1v) is 10.6. The van der Waals surface area contributed by atoms with Crippen molar-refractivity contribution in [2.75, 3.05) is 6.54 Å².